The Morgan fingerprint density at radius 3 is 2.50 bits per heavy atom. The predicted molar refractivity (Wildman–Crippen MR) is 101 cm³/mol. The molecule has 1 aromatic carbocycles. The summed E-state index contributed by atoms with van der Waals surface area (Å²) in [6.07, 6.45) is 4.64. The number of halogens is 1. The molecule has 26 heavy (non-hydrogen) atoms. The number of carboxylic acid groups (broad SMARTS) is 1. The first-order valence-corrected chi connectivity index (χ1v) is 9.59. The summed E-state index contributed by atoms with van der Waals surface area (Å²) in [7, 11) is 0. The van der Waals surface area contributed by atoms with E-state index >= 15 is 0 Å². The molecule has 2 N–H and O–H groups in total. The minimum Gasteiger partial charge on any atom is -0.481 e. The van der Waals surface area contributed by atoms with E-state index in [0.29, 0.717) is 10.2 Å². The van der Waals surface area contributed by atoms with Gasteiger partial charge >= 0.3 is 5.97 Å². The lowest BCUT2D eigenvalue weighted by Gasteiger charge is -2.23. The van der Waals surface area contributed by atoms with E-state index < -0.39 is 17.8 Å². The van der Waals surface area contributed by atoms with Crippen molar-refractivity contribution in [2.45, 2.75) is 13.3 Å². The highest BCUT2D eigenvalue weighted by molar-refractivity contribution is 7.16. The summed E-state index contributed by atoms with van der Waals surface area (Å²) in [5.74, 6) is -2.40. The summed E-state index contributed by atoms with van der Waals surface area (Å²) in [5, 5.41) is 13.5. The second-order valence-electron chi connectivity index (χ2n) is 6.76. The smallest absolute Gasteiger partial charge is 0.307 e. The van der Waals surface area contributed by atoms with Crippen LogP contribution in [-0.4, -0.2) is 22.0 Å². The molecule has 2 aromatic rings. The van der Waals surface area contributed by atoms with Crippen LogP contribution in [0.4, 0.5) is 5.13 Å². The number of carboxylic acids is 1. The van der Waals surface area contributed by atoms with Crippen LogP contribution in [0.3, 0.4) is 0 Å². The maximum absolute atomic E-state index is 12.8. The van der Waals surface area contributed by atoms with Crippen molar-refractivity contribution < 1.29 is 14.7 Å². The van der Waals surface area contributed by atoms with Crippen molar-refractivity contribution in [2.75, 3.05) is 5.32 Å². The quantitative estimate of drug-likeness (QED) is 0.768. The largest absolute Gasteiger partial charge is 0.481 e. The number of carbonyl (C=O) groups excluding carboxylic acids is 1. The van der Waals surface area contributed by atoms with Crippen LogP contribution in [0.2, 0.25) is 5.02 Å². The topological polar surface area (TPSA) is 79.3 Å². The standard InChI is InChI=1S/C19H17ClN2O3S/c1-9-16(10-4-6-13(20)7-5-10)21-19(26-9)22-17(23)14-11-2-3-12(8-11)15(14)18(24)25/h2-7,11-12,14-15H,8H2,1H3,(H,24,25)(H,21,22,23). The highest BCUT2D eigenvalue weighted by Gasteiger charge is 2.51. The fourth-order valence-electron chi connectivity index (χ4n) is 4.03. The van der Waals surface area contributed by atoms with Gasteiger partial charge in [0.25, 0.3) is 0 Å². The SMILES string of the molecule is Cc1sc(NC(=O)C2C3C=CC(C3)C2C(=O)O)nc1-c1ccc(Cl)cc1. The Morgan fingerprint density at radius 2 is 1.85 bits per heavy atom. The number of aryl methyl sites for hydroxylation is 1. The molecule has 1 saturated carbocycles. The van der Waals surface area contributed by atoms with Crippen LogP contribution in [0, 0.1) is 30.6 Å². The van der Waals surface area contributed by atoms with Crippen molar-refractivity contribution in [1.29, 1.82) is 0 Å². The molecule has 0 spiro atoms. The number of hydrogen-bond acceptors (Lipinski definition) is 4. The third-order valence-corrected chi connectivity index (χ3v) is 6.33. The highest BCUT2D eigenvalue weighted by Crippen LogP contribution is 2.48. The van der Waals surface area contributed by atoms with E-state index in [4.69, 9.17) is 11.6 Å². The Balaban J connectivity index is 1.55. The first-order chi connectivity index (χ1) is 12.4. The van der Waals surface area contributed by atoms with Crippen molar-refractivity contribution in [3.63, 3.8) is 0 Å². The molecule has 134 valence electrons. The number of anilines is 1. The van der Waals surface area contributed by atoms with Crippen molar-refractivity contribution in [1.82, 2.24) is 4.98 Å². The Kier molecular flexibility index (Phi) is 4.32. The zero-order valence-electron chi connectivity index (χ0n) is 14.0. The number of aromatic nitrogens is 1. The zero-order chi connectivity index (χ0) is 18.4. The van der Waals surface area contributed by atoms with Crippen LogP contribution in [0.5, 0.6) is 0 Å². The van der Waals surface area contributed by atoms with Crippen LogP contribution in [0.1, 0.15) is 11.3 Å². The van der Waals surface area contributed by atoms with Gasteiger partial charge < -0.3 is 10.4 Å². The molecule has 2 bridgehead atoms. The molecule has 1 fully saturated rings. The second kappa shape index (κ2) is 6.52. The van der Waals surface area contributed by atoms with E-state index in [-0.39, 0.29) is 17.7 Å². The van der Waals surface area contributed by atoms with E-state index in [9.17, 15) is 14.7 Å². The van der Waals surface area contributed by atoms with Gasteiger partial charge in [-0.1, -0.05) is 35.9 Å². The molecule has 1 aromatic heterocycles. The number of allylic oxidation sites excluding steroid dienone is 2. The summed E-state index contributed by atoms with van der Waals surface area (Å²) >= 11 is 7.32. The summed E-state index contributed by atoms with van der Waals surface area (Å²) in [5.41, 5.74) is 1.72. The minimum absolute atomic E-state index is 0.00195. The van der Waals surface area contributed by atoms with Crippen LogP contribution in [0.25, 0.3) is 11.3 Å². The number of rotatable bonds is 4. The lowest BCUT2D eigenvalue weighted by atomic mass is 9.82. The van der Waals surface area contributed by atoms with Gasteiger partial charge in [0.2, 0.25) is 5.91 Å². The number of hydrogen-bond donors (Lipinski definition) is 2. The van der Waals surface area contributed by atoms with Crippen LogP contribution in [-0.2, 0) is 9.59 Å². The molecule has 7 heteroatoms. The normalized spacial score (nSPS) is 26.2. The van der Waals surface area contributed by atoms with Gasteiger partial charge in [-0.15, -0.1) is 11.3 Å². The van der Waals surface area contributed by atoms with Crippen molar-refractivity contribution in [3.05, 3.63) is 46.3 Å². The summed E-state index contributed by atoms with van der Waals surface area (Å²) in [6, 6.07) is 7.37. The average molecular weight is 389 g/mol. The number of nitrogens with one attached hydrogen (secondary N) is 1. The van der Waals surface area contributed by atoms with E-state index in [1.807, 2.05) is 31.2 Å². The Hall–Kier alpha value is -2.18. The summed E-state index contributed by atoms with van der Waals surface area (Å²) in [4.78, 5) is 29.9. The number of aliphatic carboxylic acids is 1. The molecule has 1 heterocycles. The predicted octanol–water partition coefficient (Wildman–Crippen LogP) is 4.23. The van der Waals surface area contributed by atoms with Gasteiger partial charge in [0.15, 0.2) is 5.13 Å². The second-order valence-corrected chi connectivity index (χ2v) is 8.40. The lowest BCUT2D eigenvalue weighted by molar-refractivity contribution is -0.146. The van der Waals surface area contributed by atoms with Gasteiger partial charge in [-0.2, -0.15) is 0 Å². The molecule has 4 rings (SSSR count). The van der Waals surface area contributed by atoms with Crippen molar-refractivity contribution >= 4 is 39.9 Å². The van der Waals surface area contributed by atoms with E-state index in [0.717, 1.165) is 22.6 Å². The molecule has 5 nitrogen and oxygen atoms in total. The molecule has 2 aliphatic rings. The monoisotopic (exact) mass is 388 g/mol. The maximum atomic E-state index is 12.8. The van der Waals surface area contributed by atoms with Crippen LogP contribution in [0.15, 0.2) is 36.4 Å². The first kappa shape index (κ1) is 17.2. The number of fused-ring (bicyclic) bond motifs is 2. The molecular formula is C19H17ClN2O3S. The minimum atomic E-state index is -0.904. The average Bonchev–Trinajstić information content (AvgIpc) is 3.29. The number of carbonyl (C=O) groups is 2. The zero-order valence-corrected chi connectivity index (χ0v) is 15.6. The summed E-state index contributed by atoms with van der Waals surface area (Å²) < 4.78 is 0. The Labute approximate surface area is 159 Å². The van der Waals surface area contributed by atoms with Gasteiger partial charge in [-0.3, -0.25) is 9.59 Å². The Bertz CT molecular complexity index is 906. The van der Waals surface area contributed by atoms with Crippen LogP contribution < -0.4 is 5.32 Å². The van der Waals surface area contributed by atoms with E-state index in [1.165, 1.54) is 11.3 Å². The third-order valence-electron chi connectivity index (χ3n) is 5.19. The fraction of sp³-hybridized carbons (Fsp3) is 0.316. The van der Waals surface area contributed by atoms with Gasteiger partial charge in [-0.05, 0) is 37.3 Å². The molecule has 0 aliphatic heterocycles. The summed E-state index contributed by atoms with van der Waals surface area (Å²) in [6.45, 7) is 1.94. The molecule has 4 unspecified atom stereocenters. The van der Waals surface area contributed by atoms with Crippen molar-refractivity contribution in [3.8, 4) is 11.3 Å². The molecule has 1 amide bonds. The molecule has 0 radical (unpaired) electrons. The van der Waals surface area contributed by atoms with Gasteiger partial charge in [0.1, 0.15) is 0 Å². The molecule has 2 aliphatic carbocycles. The first-order valence-electron chi connectivity index (χ1n) is 8.39. The number of amides is 1. The molecule has 4 atom stereocenters. The maximum Gasteiger partial charge on any atom is 0.307 e. The number of thiazole rings is 1. The number of benzene rings is 1. The van der Waals surface area contributed by atoms with Crippen molar-refractivity contribution in [2.24, 2.45) is 23.7 Å². The lowest BCUT2D eigenvalue weighted by Crippen LogP contribution is -2.36. The highest BCUT2D eigenvalue weighted by atomic mass is 35.5. The Morgan fingerprint density at radius 1 is 1.19 bits per heavy atom. The van der Waals surface area contributed by atoms with Gasteiger partial charge in [-0.25, -0.2) is 4.98 Å². The third kappa shape index (κ3) is 2.93. The van der Waals surface area contributed by atoms with Gasteiger partial charge in [0.05, 0.1) is 17.5 Å². The number of nitrogens with zero attached hydrogens (tertiary/aromatic N) is 1. The van der Waals surface area contributed by atoms with Crippen LogP contribution >= 0.6 is 22.9 Å². The van der Waals surface area contributed by atoms with E-state index in [1.54, 1.807) is 12.1 Å². The van der Waals surface area contributed by atoms with E-state index in [2.05, 4.69) is 10.3 Å². The molecule has 0 saturated heterocycles. The molecular weight excluding hydrogens is 372 g/mol. The fourth-order valence-corrected chi connectivity index (χ4v) is 5.00. The van der Waals surface area contributed by atoms with Gasteiger partial charge in [0, 0.05) is 15.5 Å².